The molecule has 1 aliphatic carbocycles. The van der Waals surface area contributed by atoms with E-state index in [1.807, 2.05) is 170 Å². The summed E-state index contributed by atoms with van der Waals surface area (Å²) >= 11 is 0. The van der Waals surface area contributed by atoms with E-state index in [0.717, 1.165) is 112 Å². The first-order chi connectivity index (χ1) is 64.7. The first-order valence-corrected chi connectivity index (χ1v) is 47.7. The summed E-state index contributed by atoms with van der Waals surface area (Å²) in [7, 11) is 0. The van der Waals surface area contributed by atoms with Gasteiger partial charge in [-0.05, 0) is 201 Å². The average molecular weight is 1790 g/mol. The fourth-order valence-electron chi connectivity index (χ4n) is 17.3. The van der Waals surface area contributed by atoms with Crippen molar-refractivity contribution in [2.75, 3.05) is 62.7 Å². The highest BCUT2D eigenvalue weighted by atomic mass is 16.5. The highest BCUT2D eigenvalue weighted by Crippen LogP contribution is 2.58. The molecule has 0 spiro atoms. The lowest BCUT2D eigenvalue weighted by molar-refractivity contribution is -0.0797. The summed E-state index contributed by atoms with van der Waals surface area (Å²) in [6, 6.07) is 102. The molecule has 14 nitrogen and oxygen atoms in total. The van der Waals surface area contributed by atoms with Crippen LogP contribution in [0.5, 0.6) is 57.5 Å². The van der Waals surface area contributed by atoms with Crippen LogP contribution in [0.3, 0.4) is 0 Å². The predicted octanol–water partition coefficient (Wildman–Crippen LogP) is 30.3. The van der Waals surface area contributed by atoms with Gasteiger partial charge in [-0.2, -0.15) is 0 Å². The third-order valence-electron chi connectivity index (χ3n) is 23.7. The minimum absolute atomic E-state index is 0.149. The molecule has 0 atom stereocenters. The minimum Gasteiger partial charge on any atom is -0.508 e. The van der Waals surface area contributed by atoms with Gasteiger partial charge >= 0.3 is 0 Å². The topological polar surface area (TPSA) is 161 Å². The summed E-state index contributed by atoms with van der Waals surface area (Å²) in [5.41, 5.74) is 18.9. The van der Waals surface area contributed by atoms with Crippen LogP contribution in [0.2, 0.25) is 0 Å². The molecule has 4 N–H and O–H groups in total. The quantitative estimate of drug-likeness (QED) is 0.0287. The number of benzene rings is 14. The van der Waals surface area contributed by atoms with E-state index in [2.05, 4.69) is 242 Å². The van der Waals surface area contributed by atoms with Crippen LogP contribution in [0.4, 0.5) is 34.1 Å². The molecule has 0 unspecified atom stereocenters. The predicted molar refractivity (Wildman–Crippen MR) is 549 cm³/mol. The Kier molecular flexibility index (Phi) is 30.9. The Labute approximate surface area is 793 Å². The van der Waals surface area contributed by atoms with Crippen molar-refractivity contribution in [3.8, 4) is 147 Å². The second-order valence-corrected chi connectivity index (χ2v) is 38.7. The van der Waals surface area contributed by atoms with Crippen molar-refractivity contribution in [1.29, 1.82) is 0 Å². The van der Waals surface area contributed by atoms with E-state index >= 15 is 0 Å². The fourth-order valence-corrected chi connectivity index (χ4v) is 17.3. The van der Waals surface area contributed by atoms with Crippen molar-refractivity contribution in [2.24, 2.45) is 47.3 Å². The molecule has 134 heavy (non-hydrogen) atoms. The molecule has 1 fully saturated rings. The summed E-state index contributed by atoms with van der Waals surface area (Å²) in [4.78, 5) is 4.38. The van der Waals surface area contributed by atoms with E-state index in [9.17, 15) is 20.4 Å². The minimum atomic E-state index is -1.29. The van der Waals surface area contributed by atoms with Crippen LogP contribution in [0.15, 0.2) is 303 Å². The molecule has 0 bridgehead atoms. The van der Waals surface area contributed by atoms with Crippen molar-refractivity contribution >= 4 is 34.1 Å². The van der Waals surface area contributed by atoms with Crippen molar-refractivity contribution < 1.29 is 58.3 Å². The van der Waals surface area contributed by atoms with Crippen LogP contribution < -0.4 is 47.7 Å². The first-order valence-electron chi connectivity index (χ1n) is 47.7. The van der Waals surface area contributed by atoms with Crippen molar-refractivity contribution in [3.63, 3.8) is 0 Å². The van der Waals surface area contributed by atoms with Gasteiger partial charge in [0.25, 0.3) is 0 Å². The van der Waals surface area contributed by atoms with Crippen molar-refractivity contribution in [3.05, 3.63) is 314 Å². The second-order valence-electron chi connectivity index (χ2n) is 38.7. The van der Waals surface area contributed by atoms with Gasteiger partial charge in [0, 0.05) is 68.7 Å². The van der Waals surface area contributed by atoms with E-state index in [4.69, 9.17) is 37.9 Å². The zero-order valence-corrected chi connectivity index (χ0v) is 80.4. The maximum atomic E-state index is 13.2. The van der Waals surface area contributed by atoms with Crippen molar-refractivity contribution in [1.82, 2.24) is 0 Å². The van der Waals surface area contributed by atoms with E-state index < -0.39 is 24.0 Å². The zero-order valence-electron chi connectivity index (χ0n) is 80.4. The number of nitrogens with zero attached hydrogens (tertiary/aromatic N) is 2. The number of aliphatic hydroxyl groups is 2. The lowest BCUT2D eigenvalue weighted by Gasteiger charge is -2.47. The van der Waals surface area contributed by atoms with Crippen LogP contribution >= 0.6 is 0 Å². The lowest BCUT2D eigenvalue weighted by Crippen LogP contribution is -2.51. The van der Waals surface area contributed by atoms with Gasteiger partial charge in [-0.1, -0.05) is 293 Å². The molecule has 692 valence electrons. The number of aromatic hydroxyl groups is 2. The summed E-state index contributed by atoms with van der Waals surface area (Å²) in [5, 5.41) is 52.5. The van der Waals surface area contributed by atoms with Gasteiger partial charge < -0.3 is 68.1 Å². The Balaban J connectivity index is 0.881. The number of rotatable bonds is 40. The summed E-state index contributed by atoms with van der Waals surface area (Å²) in [5.74, 6) is 5.31. The molecule has 1 aliphatic rings. The third kappa shape index (κ3) is 22.1. The Hall–Kier alpha value is -13.4. The van der Waals surface area contributed by atoms with E-state index in [-0.39, 0.29) is 58.8 Å². The Morgan fingerprint density at radius 2 is 0.410 bits per heavy atom. The third-order valence-corrected chi connectivity index (χ3v) is 23.7. The highest BCUT2D eigenvalue weighted by molar-refractivity contribution is 6.00. The second kappa shape index (κ2) is 43.5. The summed E-state index contributed by atoms with van der Waals surface area (Å²) in [6.45, 7) is 38.2. The molecule has 0 aliphatic heterocycles. The lowest BCUT2D eigenvalue weighted by atomic mass is 9.63. The maximum absolute atomic E-state index is 13.2. The number of aliphatic hydroxyl groups excluding tert-OH is 2. The van der Waals surface area contributed by atoms with Crippen LogP contribution in [0.1, 0.15) is 134 Å². The zero-order chi connectivity index (χ0) is 94.4. The number of phenols is 2. The van der Waals surface area contributed by atoms with Gasteiger partial charge in [0.1, 0.15) is 57.5 Å². The smallest absolute Gasteiger partial charge is 0.130 e. The molecule has 0 radical (unpaired) electrons. The number of ether oxygens (including phenoxy) is 8. The molecule has 0 heterocycles. The standard InChI is InChI=1S/C120H130N2O12/c1-75(2)67-127-105-41-29-42-106(128-68-76(3)4)113(105)87-49-57-99(95(61-87)83-33-21-17-22-34-83)121(100-58-50-88(62-96(100)84-35-23-18-24-36-84)114-107(129-69-77(5)6)43-30-44-108(114)130-70-78(7)8)91-53-55-93(103(123)65-91)117-119(125)118(120(117)126)94-56-54-92(66-104(94)124)122(101-59-51-89(63-97(101)85-37-25-19-26-38-85)115-109(131-71-79(9)10)45-31-46-110(115)132-72-80(11)12)102-60-52-90(64-98(102)86-39-27-20-28-40-86)116-111(133-73-81(13)14)47-32-48-112(116)134-74-82(15)16/h17-66,75-82,117-120,123-126H,67-74H2,1-16H3. The van der Waals surface area contributed by atoms with Crippen LogP contribution in [0, 0.1) is 47.3 Å². The van der Waals surface area contributed by atoms with Gasteiger partial charge in [-0.3, -0.25) is 0 Å². The van der Waals surface area contributed by atoms with Crippen LogP contribution in [-0.2, 0) is 0 Å². The van der Waals surface area contributed by atoms with Gasteiger partial charge in [-0.25, -0.2) is 0 Å². The molecule has 15 rings (SSSR count). The monoisotopic (exact) mass is 1790 g/mol. The van der Waals surface area contributed by atoms with Gasteiger partial charge in [0.05, 0.1) is 110 Å². The summed E-state index contributed by atoms with van der Waals surface area (Å²) < 4.78 is 53.7. The normalized spacial score (nSPS) is 14.3. The molecule has 0 amide bonds. The molecule has 14 aromatic carbocycles. The Bertz CT molecular complexity index is 5460. The highest BCUT2D eigenvalue weighted by Gasteiger charge is 2.52. The fraction of sp³-hybridized carbons (Fsp3) is 0.300. The van der Waals surface area contributed by atoms with Gasteiger partial charge in [-0.15, -0.1) is 0 Å². The molecular weight excluding hydrogens is 1660 g/mol. The summed E-state index contributed by atoms with van der Waals surface area (Å²) in [6.07, 6.45) is -2.58. The first kappa shape index (κ1) is 95.2. The van der Waals surface area contributed by atoms with Crippen LogP contribution in [-0.4, -0.2) is 85.5 Å². The SMILES string of the molecule is CC(C)COc1cccc(OCC(C)C)c1-c1ccc(N(c2ccc(C3C(O)C(c4ccc(N(c5ccc(-c6c(OCC(C)C)cccc6OCC(C)C)cc5-c5ccccc5)c5ccc(-c6c(OCC(C)C)cccc6OCC(C)C)cc5-c5ccccc5)cc4O)C3O)c(O)c2)c2ccc(-c3c(OCC(C)C)cccc3OCC(C)C)cc2-c2ccccc2)c(-c2ccccc2)c1. The molecule has 14 heteroatoms. The largest absolute Gasteiger partial charge is 0.508 e. The molecular formula is C120H130N2O12. The molecule has 0 aromatic heterocycles. The van der Waals surface area contributed by atoms with E-state index in [0.29, 0.717) is 121 Å². The van der Waals surface area contributed by atoms with Crippen molar-refractivity contribution in [2.45, 2.75) is 135 Å². The van der Waals surface area contributed by atoms with Gasteiger partial charge in [0.2, 0.25) is 0 Å². The van der Waals surface area contributed by atoms with E-state index in [1.54, 1.807) is 12.1 Å². The Morgan fingerprint density at radius 3 is 0.590 bits per heavy atom. The molecule has 14 aromatic rings. The van der Waals surface area contributed by atoms with Gasteiger partial charge in [0.15, 0.2) is 0 Å². The molecule has 1 saturated carbocycles. The number of hydrogen-bond acceptors (Lipinski definition) is 14. The van der Waals surface area contributed by atoms with Crippen LogP contribution in [0.25, 0.3) is 89.0 Å². The average Bonchev–Trinajstić information content (AvgIpc) is 0.724. The molecule has 0 saturated heterocycles. The number of hydrogen-bond donors (Lipinski definition) is 4. The number of phenolic OH excluding ortho intramolecular Hbond substituents is 2. The van der Waals surface area contributed by atoms with E-state index in [1.165, 1.54) is 0 Å². The Morgan fingerprint density at radius 1 is 0.216 bits per heavy atom. The number of anilines is 6. The maximum Gasteiger partial charge on any atom is 0.130 e.